The van der Waals surface area contributed by atoms with Crippen LogP contribution in [0.5, 0.6) is 0 Å². The Morgan fingerprint density at radius 1 is 1.38 bits per heavy atom. The molecule has 0 spiro atoms. The molecule has 3 heteroatoms. The first-order chi connectivity index (χ1) is 5.99. The van der Waals surface area contributed by atoms with Gasteiger partial charge in [-0.2, -0.15) is 0 Å². The predicted molar refractivity (Wildman–Crippen MR) is 57.6 cm³/mol. The van der Waals surface area contributed by atoms with E-state index in [1.54, 1.807) is 12.3 Å². The molecule has 0 fully saturated rings. The van der Waals surface area contributed by atoms with Crippen molar-refractivity contribution >= 4 is 23.2 Å². The summed E-state index contributed by atoms with van der Waals surface area (Å²) in [6, 6.07) is 1.78. The maximum absolute atomic E-state index is 6.07. The summed E-state index contributed by atoms with van der Waals surface area (Å²) in [7, 11) is 0. The van der Waals surface area contributed by atoms with Gasteiger partial charge in [0.1, 0.15) is 5.15 Å². The highest BCUT2D eigenvalue weighted by Crippen LogP contribution is 2.36. The van der Waals surface area contributed by atoms with Crippen LogP contribution in [0.4, 0.5) is 0 Å². The Kier molecular flexibility index (Phi) is 3.20. The van der Waals surface area contributed by atoms with Crippen LogP contribution in [0.25, 0.3) is 0 Å². The van der Waals surface area contributed by atoms with Gasteiger partial charge in [0, 0.05) is 16.8 Å². The molecular weight excluding hydrogens is 205 g/mol. The zero-order chi connectivity index (χ0) is 10.1. The number of halogens is 2. The third-order valence-corrected chi connectivity index (χ3v) is 3.02. The fourth-order valence-corrected chi connectivity index (χ4v) is 2.06. The van der Waals surface area contributed by atoms with Crippen molar-refractivity contribution in [2.45, 2.75) is 32.6 Å². The Hall–Kier alpha value is -0.270. The molecule has 1 nitrogen and oxygen atoms in total. The van der Waals surface area contributed by atoms with Crippen molar-refractivity contribution in [1.29, 1.82) is 0 Å². The third-order valence-electron chi connectivity index (χ3n) is 2.41. The van der Waals surface area contributed by atoms with Crippen LogP contribution in [-0.2, 0) is 5.41 Å². The molecule has 0 radical (unpaired) electrons. The zero-order valence-corrected chi connectivity index (χ0v) is 9.58. The monoisotopic (exact) mass is 217 g/mol. The van der Waals surface area contributed by atoms with E-state index in [0.29, 0.717) is 10.2 Å². The molecule has 72 valence electrons. The standard InChI is InChI=1S/C10H13Cl2N/c1-4-10(2,3)8-7(11)5-6-13-9(8)12/h5-6H,4H2,1-3H3. The fourth-order valence-electron chi connectivity index (χ4n) is 1.19. The highest BCUT2D eigenvalue weighted by molar-refractivity contribution is 6.35. The van der Waals surface area contributed by atoms with Crippen LogP contribution in [0.15, 0.2) is 12.3 Å². The van der Waals surface area contributed by atoms with Gasteiger partial charge in [-0.15, -0.1) is 0 Å². The lowest BCUT2D eigenvalue weighted by Gasteiger charge is -2.24. The zero-order valence-electron chi connectivity index (χ0n) is 8.06. The minimum atomic E-state index is -0.0115. The van der Waals surface area contributed by atoms with Crippen molar-refractivity contribution in [3.05, 3.63) is 28.0 Å². The smallest absolute Gasteiger partial charge is 0.134 e. The second-order valence-corrected chi connectivity index (χ2v) is 4.46. The van der Waals surface area contributed by atoms with Crippen molar-refractivity contribution in [3.63, 3.8) is 0 Å². The number of rotatable bonds is 2. The Bertz CT molecular complexity index is 288. The Morgan fingerprint density at radius 3 is 2.46 bits per heavy atom. The third kappa shape index (κ3) is 2.15. The van der Waals surface area contributed by atoms with Gasteiger partial charge in [-0.3, -0.25) is 0 Å². The molecule has 1 aromatic rings. The van der Waals surface area contributed by atoms with E-state index in [1.807, 2.05) is 0 Å². The van der Waals surface area contributed by atoms with Crippen LogP contribution in [0.3, 0.4) is 0 Å². The minimum Gasteiger partial charge on any atom is -0.244 e. The van der Waals surface area contributed by atoms with Crippen LogP contribution in [0, 0.1) is 0 Å². The molecule has 0 bridgehead atoms. The van der Waals surface area contributed by atoms with Gasteiger partial charge in [0.05, 0.1) is 0 Å². The van der Waals surface area contributed by atoms with E-state index in [-0.39, 0.29) is 5.41 Å². The predicted octanol–water partition coefficient (Wildman–Crippen LogP) is 4.08. The van der Waals surface area contributed by atoms with Gasteiger partial charge < -0.3 is 0 Å². The number of hydrogen-bond donors (Lipinski definition) is 0. The van der Waals surface area contributed by atoms with Crippen molar-refractivity contribution in [2.24, 2.45) is 0 Å². The van der Waals surface area contributed by atoms with Crippen LogP contribution in [-0.4, -0.2) is 4.98 Å². The van der Waals surface area contributed by atoms with Crippen molar-refractivity contribution < 1.29 is 0 Å². The fraction of sp³-hybridized carbons (Fsp3) is 0.500. The molecule has 0 unspecified atom stereocenters. The van der Waals surface area contributed by atoms with Gasteiger partial charge in [-0.25, -0.2) is 4.98 Å². The van der Waals surface area contributed by atoms with Crippen molar-refractivity contribution in [1.82, 2.24) is 4.98 Å². The largest absolute Gasteiger partial charge is 0.244 e. The Morgan fingerprint density at radius 2 is 2.00 bits per heavy atom. The van der Waals surface area contributed by atoms with Crippen molar-refractivity contribution in [2.75, 3.05) is 0 Å². The van der Waals surface area contributed by atoms with Gasteiger partial charge in [0.15, 0.2) is 0 Å². The van der Waals surface area contributed by atoms with Crippen LogP contribution in [0.2, 0.25) is 10.2 Å². The Balaban J connectivity index is 3.28. The Labute approximate surface area is 89.1 Å². The van der Waals surface area contributed by atoms with E-state index >= 15 is 0 Å². The first-order valence-electron chi connectivity index (χ1n) is 4.29. The van der Waals surface area contributed by atoms with Crippen LogP contribution >= 0.6 is 23.2 Å². The summed E-state index contributed by atoms with van der Waals surface area (Å²) in [6.45, 7) is 6.34. The van der Waals surface area contributed by atoms with Crippen molar-refractivity contribution in [3.8, 4) is 0 Å². The number of aromatic nitrogens is 1. The lowest BCUT2D eigenvalue weighted by molar-refractivity contribution is 0.505. The molecule has 0 saturated heterocycles. The minimum absolute atomic E-state index is 0.0115. The maximum Gasteiger partial charge on any atom is 0.134 e. The molecule has 0 aliphatic heterocycles. The summed E-state index contributed by atoms with van der Waals surface area (Å²) in [4.78, 5) is 4.04. The molecule has 0 amide bonds. The highest BCUT2D eigenvalue weighted by Gasteiger charge is 2.24. The second-order valence-electron chi connectivity index (χ2n) is 3.70. The summed E-state index contributed by atoms with van der Waals surface area (Å²) < 4.78 is 0. The second kappa shape index (κ2) is 3.85. The molecule has 0 saturated carbocycles. The quantitative estimate of drug-likeness (QED) is 0.681. The average Bonchev–Trinajstić information content (AvgIpc) is 2.03. The lowest BCUT2D eigenvalue weighted by Crippen LogP contribution is -2.17. The number of nitrogens with zero attached hydrogens (tertiary/aromatic N) is 1. The maximum atomic E-state index is 6.07. The molecular formula is C10H13Cl2N. The van der Waals surface area contributed by atoms with E-state index in [2.05, 4.69) is 25.8 Å². The first-order valence-corrected chi connectivity index (χ1v) is 5.05. The number of hydrogen-bond acceptors (Lipinski definition) is 1. The van der Waals surface area contributed by atoms with Crippen LogP contribution < -0.4 is 0 Å². The molecule has 13 heavy (non-hydrogen) atoms. The van der Waals surface area contributed by atoms with Gasteiger partial charge in [0.2, 0.25) is 0 Å². The summed E-state index contributed by atoms with van der Waals surface area (Å²) in [6.07, 6.45) is 2.61. The highest BCUT2D eigenvalue weighted by atomic mass is 35.5. The molecule has 0 aliphatic rings. The van der Waals surface area contributed by atoms with E-state index < -0.39 is 0 Å². The van der Waals surface area contributed by atoms with E-state index in [4.69, 9.17) is 23.2 Å². The van der Waals surface area contributed by atoms with E-state index in [9.17, 15) is 0 Å². The summed E-state index contributed by atoms with van der Waals surface area (Å²) in [5.41, 5.74) is 0.934. The van der Waals surface area contributed by atoms with E-state index in [0.717, 1.165) is 12.0 Å². The molecule has 0 aromatic carbocycles. The molecule has 1 aromatic heterocycles. The number of pyridine rings is 1. The topological polar surface area (TPSA) is 12.9 Å². The van der Waals surface area contributed by atoms with Crippen LogP contribution in [0.1, 0.15) is 32.8 Å². The molecule has 0 N–H and O–H groups in total. The summed E-state index contributed by atoms with van der Waals surface area (Å²) in [5.74, 6) is 0. The SMILES string of the molecule is CCC(C)(C)c1c(Cl)ccnc1Cl. The average molecular weight is 218 g/mol. The van der Waals surface area contributed by atoms with Gasteiger partial charge in [-0.05, 0) is 17.9 Å². The molecule has 1 rings (SSSR count). The molecule has 0 atom stereocenters. The van der Waals surface area contributed by atoms with Gasteiger partial charge in [0.25, 0.3) is 0 Å². The lowest BCUT2D eigenvalue weighted by atomic mass is 9.83. The summed E-state index contributed by atoms with van der Waals surface area (Å²) in [5, 5.41) is 1.21. The normalized spacial score (nSPS) is 11.8. The van der Waals surface area contributed by atoms with E-state index in [1.165, 1.54) is 0 Å². The van der Waals surface area contributed by atoms with Gasteiger partial charge >= 0.3 is 0 Å². The molecule has 1 heterocycles. The molecule has 0 aliphatic carbocycles. The van der Waals surface area contributed by atoms with Gasteiger partial charge in [-0.1, -0.05) is 44.0 Å². The first kappa shape index (κ1) is 10.8. The summed E-state index contributed by atoms with van der Waals surface area (Å²) >= 11 is 12.1.